The van der Waals surface area contributed by atoms with E-state index in [1.165, 1.54) is 32.1 Å². The molecule has 7 heteroatoms. The van der Waals surface area contributed by atoms with E-state index in [4.69, 9.17) is 11.6 Å². The van der Waals surface area contributed by atoms with Crippen LogP contribution in [-0.2, 0) is 0 Å². The molecule has 2 aliphatic carbocycles. The molecule has 2 aromatic rings. The first-order valence-electron chi connectivity index (χ1n) is 11.7. The van der Waals surface area contributed by atoms with E-state index < -0.39 is 0 Å². The Kier molecular flexibility index (Phi) is 5.52. The van der Waals surface area contributed by atoms with Gasteiger partial charge in [0.25, 0.3) is 5.91 Å². The third-order valence-electron chi connectivity index (χ3n) is 7.58. The zero-order valence-electron chi connectivity index (χ0n) is 19.0. The van der Waals surface area contributed by atoms with Gasteiger partial charge in [0.1, 0.15) is 11.6 Å². The number of pyridine rings is 2. The number of aromatic nitrogens is 2. The number of carbonyl (C=O) groups is 1. The Morgan fingerprint density at radius 2 is 1.81 bits per heavy atom. The summed E-state index contributed by atoms with van der Waals surface area (Å²) in [5.74, 6) is 1.72. The maximum Gasteiger partial charge on any atom is 0.253 e. The summed E-state index contributed by atoms with van der Waals surface area (Å²) in [4.78, 5) is 26.6. The van der Waals surface area contributed by atoms with E-state index in [1.54, 1.807) is 6.20 Å². The van der Waals surface area contributed by atoms with Crippen molar-refractivity contribution in [1.29, 1.82) is 0 Å². The fraction of sp³-hybridized carbons (Fsp3) is 0.560. The highest BCUT2D eigenvalue weighted by Crippen LogP contribution is 2.64. The summed E-state index contributed by atoms with van der Waals surface area (Å²) in [6.45, 7) is 8.39. The van der Waals surface area contributed by atoms with Crippen molar-refractivity contribution in [2.45, 2.75) is 46.0 Å². The number of amides is 1. The Balaban J connectivity index is 1.20. The number of hydrogen-bond donors (Lipinski definition) is 1. The van der Waals surface area contributed by atoms with E-state index in [0.29, 0.717) is 22.5 Å². The van der Waals surface area contributed by atoms with Crippen LogP contribution in [0.5, 0.6) is 0 Å². The lowest BCUT2D eigenvalue weighted by Crippen LogP contribution is -2.53. The number of nitrogens with zero attached hydrogens (tertiary/aromatic N) is 4. The molecule has 3 fully saturated rings. The zero-order valence-corrected chi connectivity index (χ0v) is 19.8. The summed E-state index contributed by atoms with van der Waals surface area (Å²) in [6, 6.07) is 7.96. The minimum Gasteiger partial charge on any atom is -0.353 e. The standard InChI is InChI=1S/C25H32ClN5O/c1-18-5-3-6-21(29-18)30-9-11-31(12-10-30)22-13-19(20(26)14-27-22)23(32)28-17-24(2)15-25(16-24)7-4-8-25/h3,5-6,13-14H,4,7-12,15-17H2,1-2H3,(H,28,32). The van der Waals surface area contributed by atoms with Crippen molar-refractivity contribution < 1.29 is 4.79 Å². The number of piperazine rings is 1. The maximum absolute atomic E-state index is 12.9. The molecule has 170 valence electrons. The number of nitrogens with one attached hydrogen (secondary N) is 1. The highest BCUT2D eigenvalue weighted by molar-refractivity contribution is 6.33. The van der Waals surface area contributed by atoms with Crippen LogP contribution in [-0.4, -0.2) is 48.6 Å². The van der Waals surface area contributed by atoms with Crippen LogP contribution in [0.1, 0.15) is 55.1 Å². The minimum absolute atomic E-state index is 0.1000. The molecule has 1 amide bonds. The Bertz CT molecular complexity index is 1010. The van der Waals surface area contributed by atoms with Crippen LogP contribution in [0.15, 0.2) is 30.5 Å². The zero-order chi connectivity index (χ0) is 22.3. The van der Waals surface area contributed by atoms with Gasteiger partial charge in [-0.3, -0.25) is 4.79 Å². The van der Waals surface area contributed by atoms with Crippen LogP contribution in [0.2, 0.25) is 5.02 Å². The molecule has 1 saturated heterocycles. The third kappa shape index (κ3) is 4.17. The van der Waals surface area contributed by atoms with Crippen LogP contribution in [0.3, 0.4) is 0 Å². The number of anilines is 2. The lowest BCUT2D eigenvalue weighted by molar-refractivity contribution is -0.0833. The molecule has 0 aromatic carbocycles. The van der Waals surface area contributed by atoms with Gasteiger partial charge < -0.3 is 15.1 Å². The van der Waals surface area contributed by atoms with E-state index in [-0.39, 0.29) is 11.3 Å². The fourth-order valence-electron chi connectivity index (χ4n) is 5.95. The molecular formula is C25H32ClN5O. The Hall–Kier alpha value is -2.34. The van der Waals surface area contributed by atoms with Crippen molar-refractivity contribution in [3.8, 4) is 0 Å². The molecular weight excluding hydrogens is 422 g/mol. The van der Waals surface area contributed by atoms with Crippen molar-refractivity contribution in [1.82, 2.24) is 15.3 Å². The summed E-state index contributed by atoms with van der Waals surface area (Å²) in [7, 11) is 0. The summed E-state index contributed by atoms with van der Waals surface area (Å²) in [6.07, 6.45) is 8.17. The second-order valence-electron chi connectivity index (χ2n) is 10.3. The second kappa shape index (κ2) is 8.22. The summed E-state index contributed by atoms with van der Waals surface area (Å²) in [5.41, 5.74) is 2.36. The summed E-state index contributed by atoms with van der Waals surface area (Å²) in [5, 5.41) is 3.55. The lowest BCUT2D eigenvalue weighted by atomic mass is 9.46. The van der Waals surface area contributed by atoms with Gasteiger partial charge in [-0.1, -0.05) is 31.0 Å². The van der Waals surface area contributed by atoms with E-state index in [1.807, 2.05) is 25.1 Å². The van der Waals surface area contributed by atoms with Crippen LogP contribution in [0, 0.1) is 17.8 Å². The SMILES string of the molecule is Cc1cccc(N2CCN(c3cc(C(=O)NCC4(C)CC5(CCC5)C4)c(Cl)cn3)CC2)n1. The molecule has 1 spiro atoms. The van der Waals surface area contributed by atoms with Gasteiger partial charge >= 0.3 is 0 Å². The number of halogens is 1. The molecule has 5 rings (SSSR count). The molecule has 32 heavy (non-hydrogen) atoms. The first kappa shape index (κ1) is 21.5. The molecule has 6 nitrogen and oxygen atoms in total. The second-order valence-corrected chi connectivity index (χ2v) is 10.7. The molecule has 3 heterocycles. The van der Waals surface area contributed by atoms with Gasteiger partial charge in [-0.15, -0.1) is 0 Å². The Morgan fingerprint density at radius 3 is 2.44 bits per heavy atom. The van der Waals surface area contributed by atoms with Gasteiger partial charge in [-0.25, -0.2) is 9.97 Å². The molecule has 0 unspecified atom stereocenters. The van der Waals surface area contributed by atoms with Crippen molar-refractivity contribution >= 4 is 29.1 Å². The molecule has 0 bridgehead atoms. The Morgan fingerprint density at radius 1 is 1.12 bits per heavy atom. The molecule has 0 atom stereocenters. The van der Waals surface area contributed by atoms with E-state index in [2.05, 4.69) is 38.1 Å². The number of rotatable bonds is 5. The molecule has 1 N–H and O–H groups in total. The predicted octanol–water partition coefficient (Wildman–Crippen LogP) is 4.47. The van der Waals surface area contributed by atoms with Gasteiger partial charge in [0.05, 0.1) is 10.6 Å². The monoisotopic (exact) mass is 453 g/mol. The van der Waals surface area contributed by atoms with Gasteiger partial charge in [-0.2, -0.15) is 0 Å². The fourth-order valence-corrected chi connectivity index (χ4v) is 6.14. The molecule has 1 aliphatic heterocycles. The highest BCUT2D eigenvalue weighted by Gasteiger charge is 2.54. The smallest absolute Gasteiger partial charge is 0.253 e. The minimum atomic E-state index is -0.1000. The molecule has 0 radical (unpaired) electrons. The normalized spacial score (nSPS) is 21.1. The first-order chi connectivity index (χ1) is 15.3. The summed E-state index contributed by atoms with van der Waals surface area (Å²) < 4.78 is 0. The van der Waals surface area contributed by atoms with Crippen molar-refractivity contribution in [3.05, 3.63) is 46.7 Å². The van der Waals surface area contributed by atoms with Gasteiger partial charge in [-0.05, 0) is 61.6 Å². The number of carbonyl (C=O) groups excluding carboxylic acids is 1. The van der Waals surface area contributed by atoms with Gasteiger partial charge in [0, 0.05) is 44.6 Å². The molecule has 2 aromatic heterocycles. The van der Waals surface area contributed by atoms with E-state index in [9.17, 15) is 4.79 Å². The van der Waals surface area contributed by atoms with Crippen LogP contribution < -0.4 is 15.1 Å². The number of hydrogen-bond acceptors (Lipinski definition) is 5. The van der Waals surface area contributed by atoms with Crippen molar-refractivity contribution in [3.63, 3.8) is 0 Å². The van der Waals surface area contributed by atoms with E-state index >= 15 is 0 Å². The quantitative estimate of drug-likeness (QED) is 0.723. The summed E-state index contributed by atoms with van der Waals surface area (Å²) >= 11 is 6.36. The Labute approximate surface area is 195 Å². The van der Waals surface area contributed by atoms with Crippen molar-refractivity contribution in [2.24, 2.45) is 10.8 Å². The predicted molar refractivity (Wildman–Crippen MR) is 129 cm³/mol. The molecule has 3 aliphatic rings. The van der Waals surface area contributed by atoms with Crippen LogP contribution in [0.25, 0.3) is 0 Å². The maximum atomic E-state index is 12.9. The first-order valence-corrected chi connectivity index (χ1v) is 12.1. The average Bonchev–Trinajstić information content (AvgIpc) is 2.75. The van der Waals surface area contributed by atoms with Gasteiger partial charge in [0.2, 0.25) is 0 Å². The average molecular weight is 454 g/mol. The van der Waals surface area contributed by atoms with Crippen LogP contribution >= 0.6 is 11.6 Å². The van der Waals surface area contributed by atoms with Crippen LogP contribution in [0.4, 0.5) is 11.6 Å². The third-order valence-corrected chi connectivity index (χ3v) is 7.88. The highest BCUT2D eigenvalue weighted by atomic mass is 35.5. The lowest BCUT2D eigenvalue weighted by Gasteiger charge is -2.60. The van der Waals surface area contributed by atoms with E-state index in [0.717, 1.165) is 43.5 Å². The van der Waals surface area contributed by atoms with Gasteiger partial charge in [0.15, 0.2) is 0 Å². The molecule has 2 saturated carbocycles. The largest absolute Gasteiger partial charge is 0.353 e. The number of aryl methyl sites for hydroxylation is 1. The topological polar surface area (TPSA) is 61.4 Å². The van der Waals surface area contributed by atoms with Crippen molar-refractivity contribution in [2.75, 3.05) is 42.5 Å².